The zero-order valence-electron chi connectivity index (χ0n) is 11.4. The lowest BCUT2D eigenvalue weighted by molar-refractivity contribution is -0.137. The van der Waals surface area contributed by atoms with Gasteiger partial charge in [0.05, 0.1) is 16.9 Å². The third kappa shape index (κ3) is 2.48. The Kier molecular flexibility index (Phi) is 3.23. The summed E-state index contributed by atoms with van der Waals surface area (Å²) in [5, 5.41) is 7.47. The van der Waals surface area contributed by atoms with Crippen molar-refractivity contribution >= 4 is 5.82 Å². The maximum atomic E-state index is 13.1. The topological polar surface area (TPSA) is 56.7 Å². The van der Waals surface area contributed by atoms with Crippen molar-refractivity contribution in [3.63, 3.8) is 0 Å². The molecule has 0 aliphatic rings. The van der Waals surface area contributed by atoms with Crippen LogP contribution in [0.4, 0.5) is 19.0 Å². The molecular weight excluding hydrogens is 269 g/mol. The van der Waals surface area contributed by atoms with E-state index in [-0.39, 0.29) is 11.5 Å². The monoisotopic (exact) mass is 284 g/mol. The van der Waals surface area contributed by atoms with E-state index in [9.17, 15) is 13.2 Å². The van der Waals surface area contributed by atoms with E-state index in [0.29, 0.717) is 5.69 Å². The van der Waals surface area contributed by atoms with Gasteiger partial charge in [0.1, 0.15) is 0 Å². The number of para-hydroxylation sites is 1. The predicted molar refractivity (Wildman–Crippen MR) is 69.5 cm³/mol. The Bertz CT molecular complexity index is 623. The first-order valence-electron chi connectivity index (χ1n) is 6.00. The predicted octanol–water partition coefficient (Wildman–Crippen LogP) is 3.17. The van der Waals surface area contributed by atoms with Crippen LogP contribution in [0.15, 0.2) is 24.3 Å². The van der Waals surface area contributed by atoms with Crippen molar-refractivity contribution in [2.75, 3.05) is 5.73 Å². The summed E-state index contributed by atoms with van der Waals surface area (Å²) in [6.07, 6.45) is -4.47. The van der Waals surface area contributed by atoms with Gasteiger partial charge in [-0.2, -0.15) is 13.2 Å². The number of hydrogen-bond acceptors (Lipinski definition) is 3. The smallest absolute Gasteiger partial charge is 0.381 e. The molecule has 0 bridgehead atoms. The number of benzene rings is 1. The van der Waals surface area contributed by atoms with E-state index in [1.54, 1.807) is 0 Å². The third-order valence-corrected chi connectivity index (χ3v) is 2.84. The van der Waals surface area contributed by atoms with Gasteiger partial charge in [-0.1, -0.05) is 38.1 Å². The molecule has 0 saturated carbocycles. The molecule has 20 heavy (non-hydrogen) atoms. The summed E-state index contributed by atoms with van der Waals surface area (Å²) in [5.41, 5.74) is 4.88. The SMILES string of the molecule is CC(C)(C)c1c(N)nnn1-c1ccccc1C(F)(F)F. The highest BCUT2D eigenvalue weighted by atomic mass is 19.4. The summed E-state index contributed by atoms with van der Waals surface area (Å²) in [5.74, 6) is 0.134. The third-order valence-electron chi connectivity index (χ3n) is 2.84. The number of hydrogen-bond donors (Lipinski definition) is 1. The van der Waals surface area contributed by atoms with Crippen molar-refractivity contribution in [1.29, 1.82) is 0 Å². The molecule has 0 unspecified atom stereocenters. The second-order valence-corrected chi connectivity index (χ2v) is 5.50. The minimum absolute atomic E-state index is 0.0749. The standard InChI is InChI=1S/C13H15F3N4/c1-12(2,3)10-11(17)18-19-20(10)9-7-5-4-6-8(9)13(14,15)16/h4-7H,17H2,1-3H3. The van der Waals surface area contributed by atoms with E-state index < -0.39 is 17.2 Å². The minimum atomic E-state index is -4.47. The van der Waals surface area contributed by atoms with Crippen LogP contribution in [0.1, 0.15) is 32.0 Å². The summed E-state index contributed by atoms with van der Waals surface area (Å²) in [7, 11) is 0. The second kappa shape index (κ2) is 4.50. The van der Waals surface area contributed by atoms with Crippen LogP contribution in [0.25, 0.3) is 5.69 Å². The molecule has 7 heteroatoms. The Morgan fingerprint density at radius 1 is 1.10 bits per heavy atom. The van der Waals surface area contributed by atoms with Gasteiger partial charge in [-0.05, 0) is 12.1 Å². The van der Waals surface area contributed by atoms with Gasteiger partial charge in [-0.25, -0.2) is 4.68 Å². The van der Waals surface area contributed by atoms with E-state index in [2.05, 4.69) is 10.3 Å². The molecule has 0 aliphatic carbocycles. The van der Waals surface area contributed by atoms with Gasteiger partial charge >= 0.3 is 6.18 Å². The Labute approximate surface area is 114 Å². The first-order chi connectivity index (χ1) is 9.12. The molecule has 108 valence electrons. The molecule has 0 amide bonds. The highest BCUT2D eigenvalue weighted by Crippen LogP contribution is 2.36. The van der Waals surface area contributed by atoms with Gasteiger partial charge < -0.3 is 5.73 Å². The van der Waals surface area contributed by atoms with Gasteiger partial charge in [-0.3, -0.25) is 0 Å². The van der Waals surface area contributed by atoms with Gasteiger partial charge in [0.2, 0.25) is 0 Å². The molecule has 0 aliphatic heterocycles. The van der Waals surface area contributed by atoms with Gasteiger partial charge in [0, 0.05) is 5.41 Å². The molecule has 2 N–H and O–H groups in total. The van der Waals surface area contributed by atoms with Crippen LogP contribution in [0.3, 0.4) is 0 Å². The first kappa shape index (κ1) is 14.4. The largest absolute Gasteiger partial charge is 0.418 e. The van der Waals surface area contributed by atoms with Gasteiger partial charge in [0.15, 0.2) is 5.82 Å². The fraction of sp³-hybridized carbons (Fsp3) is 0.385. The molecule has 2 rings (SSSR count). The maximum Gasteiger partial charge on any atom is 0.418 e. The Hall–Kier alpha value is -2.05. The number of alkyl halides is 3. The fourth-order valence-corrected chi connectivity index (χ4v) is 2.06. The number of nitrogens with two attached hydrogens (primary N) is 1. The van der Waals surface area contributed by atoms with Crippen molar-refractivity contribution in [3.8, 4) is 5.69 Å². The molecular formula is C13H15F3N4. The Morgan fingerprint density at radius 2 is 1.70 bits per heavy atom. The van der Waals surface area contributed by atoms with Crippen LogP contribution in [0, 0.1) is 0 Å². The van der Waals surface area contributed by atoms with E-state index in [1.165, 1.54) is 18.2 Å². The van der Waals surface area contributed by atoms with Crippen molar-refractivity contribution in [1.82, 2.24) is 15.0 Å². The number of halogens is 3. The molecule has 0 saturated heterocycles. The Balaban J connectivity index is 2.72. The average molecular weight is 284 g/mol. The molecule has 1 aromatic heterocycles. The fourth-order valence-electron chi connectivity index (χ4n) is 2.06. The van der Waals surface area contributed by atoms with Crippen LogP contribution >= 0.6 is 0 Å². The van der Waals surface area contributed by atoms with Crippen LogP contribution < -0.4 is 5.73 Å². The molecule has 0 spiro atoms. The first-order valence-corrected chi connectivity index (χ1v) is 6.00. The lowest BCUT2D eigenvalue weighted by Gasteiger charge is -2.21. The maximum absolute atomic E-state index is 13.1. The molecule has 1 aromatic carbocycles. The Morgan fingerprint density at radius 3 is 2.25 bits per heavy atom. The van der Waals surface area contributed by atoms with Crippen molar-refractivity contribution in [2.24, 2.45) is 0 Å². The highest BCUT2D eigenvalue weighted by molar-refractivity contribution is 5.48. The molecule has 0 radical (unpaired) electrons. The summed E-state index contributed by atoms with van der Waals surface area (Å²) >= 11 is 0. The molecule has 1 heterocycles. The number of rotatable bonds is 1. The summed E-state index contributed by atoms with van der Waals surface area (Å²) in [6.45, 7) is 5.53. The van der Waals surface area contributed by atoms with E-state index in [1.807, 2.05) is 20.8 Å². The zero-order valence-corrected chi connectivity index (χ0v) is 11.4. The van der Waals surface area contributed by atoms with E-state index in [0.717, 1.165) is 10.7 Å². The van der Waals surface area contributed by atoms with Gasteiger partial charge in [0.25, 0.3) is 0 Å². The van der Waals surface area contributed by atoms with Crippen LogP contribution in [0.5, 0.6) is 0 Å². The van der Waals surface area contributed by atoms with E-state index in [4.69, 9.17) is 5.73 Å². The molecule has 0 atom stereocenters. The second-order valence-electron chi connectivity index (χ2n) is 5.50. The zero-order chi connectivity index (χ0) is 15.1. The van der Waals surface area contributed by atoms with Crippen molar-refractivity contribution in [2.45, 2.75) is 32.4 Å². The quantitative estimate of drug-likeness (QED) is 0.875. The molecule has 0 fully saturated rings. The average Bonchev–Trinajstić information content (AvgIpc) is 2.69. The molecule has 4 nitrogen and oxygen atoms in total. The van der Waals surface area contributed by atoms with Crippen LogP contribution in [-0.4, -0.2) is 15.0 Å². The normalized spacial score (nSPS) is 12.7. The highest BCUT2D eigenvalue weighted by Gasteiger charge is 2.35. The van der Waals surface area contributed by atoms with E-state index >= 15 is 0 Å². The van der Waals surface area contributed by atoms with Crippen LogP contribution in [0.2, 0.25) is 0 Å². The summed E-state index contributed by atoms with van der Waals surface area (Å²) in [4.78, 5) is 0. The number of anilines is 1. The lowest BCUT2D eigenvalue weighted by atomic mass is 9.91. The van der Waals surface area contributed by atoms with Crippen LogP contribution in [-0.2, 0) is 11.6 Å². The summed E-state index contributed by atoms with van der Waals surface area (Å²) in [6, 6.07) is 5.23. The number of aromatic nitrogens is 3. The van der Waals surface area contributed by atoms with Crippen molar-refractivity contribution < 1.29 is 13.2 Å². The molecule has 2 aromatic rings. The minimum Gasteiger partial charge on any atom is -0.381 e. The van der Waals surface area contributed by atoms with Crippen molar-refractivity contribution in [3.05, 3.63) is 35.5 Å². The lowest BCUT2D eigenvalue weighted by Crippen LogP contribution is -2.21. The number of nitrogens with zero attached hydrogens (tertiary/aromatic N) is 3. The summed E-state index contributed by atoms with van der Waals surface area (Å²) < 4.78 is 40.4. The van der Waals surface area contributed by atoms with Gasteiger partial charge in [-0.15, -0.1) is 5.10 Å². The number of nitrogen functional groups attached to an aromatic ring is 1.